The Bertz CT molecular complexity index is 541. The summed E-state index contributed by atoms with van der Waals surface area (Å²) in [6, 6.07) is 9.17. The van der Waals surface area contributed by atoms with Gasteiger partial charge in [-0.15, -0.1) is 0 Å². The molecule has 0 amide bonds. The third-order valence-corrected chi connectivity index (χ3v) is 2.34. The van der Waals surface area contributed by atoms with E-state index in [0.717, 1.165) is 5.56 Å². The molecule has 0 fully saturated rings. The number of hydrogen-bond acceptors (Lipinski definition) is 5. The fourth-order valence-corrected chi connectivity index (χ4v) is 1.55. The fraction of sp³-hybridized carbons (Fsp3) is 0.0833. The Hall–Kier alpha value is -2.51. The molecule has 0 aromatic heterocycles. The van der Waals surface area contributed by atoms with Crippen LogP contribution in [0.15, 0.2) is 41.5 Å². The number of hydrazine groups is 1. The molecule has 1 aromatic carbocycles. The van der Waals surface area contributed by atoms with E-state index in [-0.39, 0.29) is 24.4 Å². The van der Waals surface area contributed by atoms with Crippen LogP contribution in [0.1, 0.15) is 17.3 Å². The second kappa shape index (κ2) is 7.75. The Labute approximate surface area is 117 Å². The summed E-state index contributed by atoms with van der Waals surface area (Å²) in [6.07, 6.45) is 6.73. The van der Waals surface area contributed by atoms with E-state index in [1.807, 2.05) is 18.3 Å². The molecule has 1 heterocycles. The highest BCUT2D eigenvalue weighted by atomic mass is 32.1. The lowest BCUT2D eigenvalue weighted by molar-refractivity contribution is 0.239. The van der Waals surface area contributed by atoms with Crippen molar-refractivity contribution in [3.05, 3.63) is 47.7 Å². The third kappa shape index (κ3) is 3.73. The highest BCUT2D eigenvalue weighted by molar-refractivity contribution is 7.59. The van der Waals surface area contributed by atoms with E-state index in [2.05, 4.69) is 16.5 Å². The molecule has 1 aliphatic heterocycles. The Morgan fingerprint density at radius 1 is 1.21 bits per heavy atom. The summed E-state index contributed by atoms with van der Waals surface area (Å²) in [4.78, 5) is 4.27. The molecule has 7 heteroatoms. The van der Waals surface area contributed by atoms with Crippen LogP contribution in [0.5, 0.6) is 0 Å². The maximum atomic E-state index is 8.72. The number of nitrogens with zero attached hydrogens (tertiary/aromatic N) is 4. The van der Waals surface area contributed by atoms with Crippen molar-refractivity contribution in [1.29, 1.82) is 10.5 Å². The number of aliphatic imine (C=N–C) groups is 1. The monoisotopic (exact) mass is 277 g/mol. The number of hydrogen-bond donors (Lipinski definition) is 1. The van der Waals surface area contributed by atoms with E-state index in [1.54, 1.807) is 35.6 Å². The van der Waals surface area contributed by atoms with Crippen molar-refractivity contribution in [3.8, 4) is 12.3 Å². The SMILES string of the molecule is F.N#CNN1C=CC=NC1c1ccc(C#N)cc1.S. The third-order valence-electron chi connectivity index (χ3n) is 2.34. The summed E-state index contributed by atoms with van der Waals surface area (Å²) < 4.78 is 0. The van der Waals surface area contributed by atoms with Crippen molar-refractivity contribution in [3.63, 3.8) is 0 Å². The first-order chi connectivity index (χ1) is 8.35. The summed E-state index contributed by atoms with van der Waals surface area (Å²) in [5.74, 6) is 0. The van der Waals surface area contributed by atoms with Gasteiger partial charge >= 0.3 is 0 Å². The molecule has 1 N–H and O–H groups in total. The first-order valence-electron chi connectivity index (χ1n) is 4.98. The molecule has 1 atom stereocenters. The molecule has 1 aromatic rings. The lowest BCUT2D eigenvalue weighted by Crippen LogP contribution is -2.34. The van der Waals surface area contributed by atoms with Gasteiger partial charge in [-0.3, -0.25) is 14.7 Å². The van der Waals surface area contributed by atoms with Gasteiger partial charge in [-0.25, -0.2) is 5.43 Å². The molecule has 2 rings (SSSR count). The Kier molecular flexibility index (Phi) is 6.72. The first kappa shape index (κ1) is 16.5. The van der Waals surface area contributed by atoms with Gasteiger partial charge in [-0.2, -0.15) is 24.0 Å². The van der Waals surface area contributed by atoms with E-state index in [0.29, 0.717) is 5.56 Å². The summed E-state index contributed by atoms with van der Waals surface area (Å²) >= 11 is 0. The normalized spacial score (nSPS) is 15.5. The van der Waals surface area contributed by atoms with Crippen LogP contribution in [0, 0.1) is 22.8 Å². The van der Waals surface area contributed by atoms with E-state index in [9.17, 15) is 0 Å². The standard InChI is InChI=1S/C12H9N5.FH.H2S/c13-8-10-2-4-11(5-3-10)12-15-6-1-7-17(12)16-9-14;;/h1-7,12,16H;1H;1H2. The Balaban J connectivity index is 0.00000162. The zero-order chi connectivity index (χ0) is 12.1. The maximum Gasteiger partial charge on any atom is 0.197 e. The van der Waals surface area contributed by atoms with Gasteiger partial charge in [0.25, 0.3) is 0 Å². The topological polar surface area (TPSA) is 75.2 Å². The van der Waals surface area contributed by atoms with Crippen molar-refractivity contribution in [2.75, 3.05) is 0 Å². The van der Waals surface area contributed by atoms with E-state index in [4.69, 9.17) is 10.5 Å². The summed E-state index contributed by atoms with van der Waals surface area (Å²) in [7, 11) is 0. The number of rotatable bonds is 2. The predicted molar refractivity (Wildman–Crippen MR) is 75.0 cm³/mol. The Morgan fingerprint density at radius 2 is 1.89 bits per heavy atom. The first-order valence-corrected chi connectivity index (χ1v) is 4.98. The fourth-order valence-electron chi connectivity index (χ4n) is 1.55. The largest absolute Gasteiger partial charge is 0.269 e. The number of nitriles is 2. The van der Waals surface area contributed by atoms with E-state index in [1.165, 1.54) is 0 Å². The van der Waals surface area contributed by atoms with Crippen LogP contribution in [0.2, 0.25) is 0 Å². The number of benzene rings is 1. The van der Waals surface area contributed by atoms with Gasteiger partial charge in [0.2, 0.25) is 0 Å². The van der Waals surface area contributed by atoms with Gasteiger partial charge in [0, 0.05) is 12.4 Å². The van der Waals surface area contributed by atoms with Crippen molar-refractivity contribution in [2.24, 2.45) is 4.99 Å². The van der Waals surface area contributed by atoms with Gasteiger partial charge < -0.3 is 0 Å². The summed E-state index contributed by atoms with van der Waals surface area (Å²) in [6.45, 7) is 0. The minimum Gasteiger partial charge on any atom is -0.269 e. The lowest BCUT2D eigenvalue weighted by atomic mass is 10.1. The molecule has 0 radical (unpaired) electrons. The second-order valence-electron chi connectivity index (χ2n) is 3.38. The minimum absolute atomic E-state index is 0. The summed E-state index contributed by atoms with van der Waals surface area (Å²) in [5.41, 5.74) is 4.05. The van der Waals surface area contributed by atoms with Gasteiger partial charge in [0.05, 0.1) is 11.6 Å². The van der Waals surface area contributed by atoms with Crippen LogP contribution >= 0.6 is 13.5 Å². The molecule has 19 heavy (non-hydrogen) atoms. The highest BCUT2D eigenvalue weighted by Gasteiger charge is 2.17. The van der Waals surface area contributed by atoms with Crippen LogP contribution in [0.25, 0.3) is 0 Å². The number of nitrogens with one attached hydrogen (secondary N) is 1. The van der Waals surface area contributed by atoms with Crippen molar-refractivity contribution >= 4 is 19.7 Å². The number of allylic oxidation sites excluding steroid dienone is 1. The van der Waals surface area contributed by atoms with Crippen molar-refractivity contribution in [2.45, 2.75) is 6.17 Å². The molecule has 0 saturated heterocycles. The van der Waals surface area contributed by atoms with Crippen LogP contribution in [-0.2, 0) is 0 Å². The molecule has 1 unspecified atom stereocenters. The Morgan fingerprint density at radius 3 is 2.47 bits per heavy atom. The van der Waals surface area contributed by atoms with E-state index < -0.39 is 0 Å². The van der Waals surface area contributed by atoms with Gasteiger partial charge in [-0.1, -0.05) is 12.1 Å². The summed E-state index contributed by atoms with van der Waals surface area (Å²) in [5, 5.41) is 19.0. The molecule has 0 bridgehead atoms. The average Bonchev–Trinajstić information content (AvgIpc) is 2.40. The smallest absolute Gasteiger partial charge is 0.197 e. The zero-order valence-corrected chi connectivity index (χ0v) is 10.8. The van der Waals surface area contributed by atoms with Crippen molar-refractivity contribution in [1.82, 2.24) is 10.4 Å². The molecular weight excluding hydrogens is 265 g/mol. The van der Waals surface area contributed by atoms with Crippen molar-refractivity contribution < 1.29 is 4.70 Å². The molecular formula is C12H12FN5S. The molecule has 0 spiro atoms. The predicted octanol–water partition coefficient (Wildman–Crippen LogP) is 1.71. The second-order valence-corrected chi connectivity index (χ2v) is 3.38. The molecule has 98 valence electrons. The minimum atomic E-state index is -0.285. The van der Waals surface area contributed by atoms with Crippen LogP contribution in [0.3, 0.4) is 0 Å². The maximum absolute atomic E-state index is 8.72. The molecule has 5 nitrogen and oxygen atoms in total. The van der Waals surface area contributed by atoms with Gasteiger partial charge in [-0.05, 0) is 23.8 Å². The molecule has 0 saturated carbocycles. The quantitative estimate of drug-likeness (QED) is 0.659. The molecule has 0 aliphatic carbocycles. The average molecular weight is 277 g/mol. The van der Waals surface area contributed by atoms with Crippen LogP contribution in [-0.4, -0.2) is 11.2 Å². The van der Waals surface area contributed by atoms with E-state index >= 15 is 0 Å². The van der Waals surface area contributed by atoms with Gasteiger partial charge in [0.15, 0.2) is 12.4 Å². The van der Waals surface area contributed by atoms with Crippen LogP contribution in [0.4, 0.5) is 4.70 Å². The van der Waals surface area contributed by atoms with Gasteiger partial charge in [0.1, 0.15) is 0 Å². The molecule has 1 aliphatic rings. The number of halogens is 1. The lowest BCUT2D eigenvalue weighted by Gasteiger charge is -2.27. The van der Waals surface area contributed by atoms with Crippen LogP contribution < -0.4 is 5.43 Å². The zero-order valence-electron chi connectivity index (χ0n) is 9.82. The highest BCUT2D eigenvalue weighted by Crippen LogP contribution is 2.22.